The molecule has 2 aromatic rings. The lowest BCUT2D eigenvalue weighted by molar-refractivity contribution is -0.117. The summed E-state index contributed by atoms with van der Waals surface area (Å²) in [5.41, 5.74) is 2.04. The SMILES string of the molecule is COc1ccc(N(C(C)C2CC2)S(=O)(=O)c2ccc(N3CCCC3=O)cc2C)cc1. The van der Waals surface area contributed by atoms with Crippen molar-refractivity contribution < 1.29 is 17.9 Å². The van der Waals surface area contributed by atoms with Gasteiger partial charge in [0, 0.05) is 24.7 Å². The molecule has 0 spiro atoms. The van der Waals surface area contributed by atoms with Crippen molar-refractivity contribution in [1.29, 1.82) is 0 Å². The van der Waals surface area contributed by atoms with Gasteiger partial charge in [-0.15, -0.1) is 0 Å². The van der Waals surface area contributed by atoms with Crippen LogP contribution in [0.2, 0.25) is 0 Å². The summed E-state index contributed by atoms with van der Waals surface area (Å²) in [7, 11) is -2.18. The Balaban J connectivity index is 1.73. The lowest BCUT2D eigenvalue weighted by atomic mass is 10.2. The van der Waals surface area contributed by atoms with E-state index >= 15 is 0 Å². The maximum Gasteiger partial charge on any atom is 0.264 e. The van der Waals surface area contributed by atoms with Gasteiger partial charge in [0.15, 0.2) is 0 Å². The van der Waals surface area contributed by atoms with Crippen molar-refractivity contribution in [2.45, 2.75) is 50.5 Å². The molecule has 1 unspecified atom stereocenters. The van der Waals surface area contributed by atoms with E-state index in [-0.39, 0.29) is 16.8 Å². The van der Waals surface area contributed by atoms with Crippen LogP contribution < -0.4 is 13.9 Å². The van der Waals surface area contributed by atoms with Crippen LogP contribution in [-0.4, -0.2) is 34.0 Å². The Hall–Kier alpha value is -2.54. The smallest absolute Gasteiger partial charge is 0.264 e. The highest BCUT2D eigenvalue weighted by Gasteiger charge is 2.39. The molecule has 160 valence electrons. The summed E-state index contributed by atoms with van der Waals surface area (Å²) >= 11 is 0. The lowest BCUT2D eigenvalue weighted by Gasteiger charge is -2.31. The average molecular weight is 429 g/mol. The topological polar surface area (TPSA) is 66.9 Å². The van der Waals surface area contributed by atoms with Gasteiger partial charge in [0.25, 0.3) is 10.0 Å². The van der Waals surface area contributed by atoms with Gasteiger partial charge in [-0.2, -0.15) is 0 Å². The van der Waals surface area contributed by atoms with Crippen molar-refractivity contribution in [1.82, 2.24) is 0 Å². The zero-order valence-corrected chi connectivity index (χ0v) is 18.5. The summed E-state index contributed by atoms with van der Waals surface area (Å²) < 4.78 is 34.4. The van der Waals surface area contributed by atoms with Crippen LogP contribution in [0.25, 0.3) is 0 Å². The number of carbonyl (C=O) groups is 1. The first-order chi connectivity index (χ1) is 14.3. The van der Waals surface area contributed by atoms with Crippen LogP contribution in [-0.2, 0) is 14.8 Å². The van der Waals surface area contributed by atoms with Gasteiger partial charge in [-0.3, -0.25) is 9.10 Å². The highest BCUT2D eigenvalue weighted by molar-refractivity contribution is 7.93. The van der Waals surface area contributed by atoms with Gasteiger partial charge in [-0.25, -0.2) is 8.42 Å². The van der Waals surface area contributed by atoms with Crippen LogP contribution in [0.4, 0.5) is 11.4 Å². The Labute approximate surface area is 178 Å². The molecule has 1 atom stereocenters. The summed E-state index contributed by atoms with van der Waals surface area (Å²) in [6.07, 6.45) is 3.46. The number of amides is 1. The molecule has 0 aromatic heterocycles. The standard InChI is InChI=1S/C23H28N2O4S/c1-16-15-20(24-14-4-5-23(24)26)10-13-22(16)30(27,28)25(17(2)18-6-7-18)19-8-11-21(29-3)12-9-19/h8-13,15,17-18H,4-7,14H2,1-3H3. The Morgan fingerprint density at radius 1 is 1.13 bits per heavy atom. The molecule has 1 amide bonds. The fourth-order valence-electron chi connectivity index (χ4n) is 4.21. The van der Waals surface area contributed by atoms with E-state index in [9.17, 15) is 13.2 Å². The highest BCUT2D eigenvalue weighted by Crippen LogP contribution is 2.40. The van der Waals surface area contributed by atoms with E-state index in [1.807, 2.05) is 13.0 Å². The average Bonchev–Trinajstić information content (AvgIpc) is 3.49. The summed E-state index contributed by atoms with van der Waals surface area (Å²) in [5.74, 6) is 1.14. The number of nitrogens with zero attached hydrogens (tertiary/aromatic N) is 2. The van der Waals surface area contributed by atoms with Crippen LogP contribution in [0.3, 0.4) is 0 Å². The molecule has 4 rings (SSSR count). The van der Waals surface area contributed by atoms with Crippen molar-refractivity contribution in [2.75, 3.05) is 22.9 Å². The van der Waals surface area contributed by atoms with E-state index in [4.69, 9.17) is 4.74 Å². The van der Waals surface area contributed by atoms with Crippen LogP contribution in [0.1, 0.15) is 38.2 Å². The predicted octanol–water partition coefficient (Wildman–Crippen LogP) is 4.12. The second kappa shape index (κ2) is 7.95. The van der Waals surface area contributed by atoms with Gasteiger partial charge in [-0.1, -0.05) is 0 Å². The summed E-state index contributed by atoms with van der Waals surface area (Å²) in [6, 6.07) is 12.2. The fourth-order valence-corrected chi connectivity index (χ4v) is 6.14. The van der Waals surface area contributed by atoms with E-state index in [0.29, 0.717) is 35.9 Å². The second-order valence-electron chi connectivity index (χ2n) is 8.18. The van der Waals surface area contributed by atoms with Crippen molar-refractivity contribution in [3.05, 3.63) is 48.0 Å². The third kappa shape index (κ3) is 3.78. The number of aryl methyl sites for hydroxylation is 1. The first kappa shape index (κ1) is 20.7. The van der Waals surface area contributed by atoms with E-state index in [1.54, 1.807) is 59.6 Å². The number of sulfonamides is 1. The summed E-state index contributed by atoms with van der Waals surface area (Å²) in [6.45, 7) is 4.46. The minimum Gasteiger partial charge on any atom is -0.497 e. The van der Waals surface area contributed by atoms with Crippen LogP contribution in [0, 0.1) is 12.8 Å². The lowest BCUT2D eigenvalue weighted by Crippen LogP contribution is -2.40. The molecule has 2 fully saturated rings. The Kier molecular flexibility index (Phi) is 5.49. The largest absolute Gasteiger partial charge is 0.497 e. The number of carbonyl (C=O) groups excluding carboxylic acids is 1. The minimum atomic E-state index is -3.77. The molecule has 7 heteroatoms. The molecule has 1 saturated carbocycles. The zero-order valence-electron chi connectivity index (χ0n) is 17.7. The van der Waals surface area contributed by atoms with Gasteiger partial charge in [0.1, 0.15) is 5.75 Å². The maximum atomic E-state index is 13.8. The molecule has 0 radical (unpaired) electrons. The Morgan fingerprint density at radius 3 is 2.37 bits per heavy atom. The van der Waals surface area contributed by atoms with E-state index in [0.717, 1.165) is 24.9 Å². The van der Waals surface area contributed by atoms with Crippen LogP contribution >= 0.6 is 0 Å². The van der Waals surface area contributed by atoms with Crippen molar-refractivity contribution in [3.63, 3.8) is 0 Å². The Morgan fingerprint density at radius 2 is 1.83 bits per heavy atom. The van der Waals surface area contributed by atoms with E-state index in [1.165, 1.54) is 0 Å². The van der Waals surface area contributed by atoms with Crippen molar-refractivity contribution >= 4 is 27.3 Å². The molecule has 1 aliphatic heterocycles. The second-order valence-corrected chi connectivity index (χ2v) is 9.96. The zero-order chi connectivity index (χ0) is 21.5. The number of hydrogen-bond acceptors (Lipinski definition) is 4. The number of benzene rings is 2. The molecular weight excluding hydrogens is 400 g/mol. The van der Waals surface area contributed by atoms with Crippen molar-refractivity contribution in [3.8, 4) is 5.75 Å². The number of anilines is 2. The number of rotatable bonds is 7. The molecule has 1 heterocycles. The summed E-state index contributed by atoms with van der Waals surface area (Å²) in [4.78, 5) is 14.1. The third-order valence-electron chi connectivity index (χ3n) is 6.08. The molecule has 2 aliphatic rings. The first-order valence-corrected chi connectivity index (χ1v) is 11.9. The van der Waals surface area contributed by atoms with Gasteiger partial charge >= 0.3 is 0 Å². The number of hydrogen-bond donors (Lipinski definition) is 0. The van der Waals surface area contributed by atoms with Crippen molar-refractivity contribution in [2.24, 2.45) is 5.92 Å². The van der Waals surface area contributed by atoms with E-state index < -0.39 is 10.0 Å². The Bertz CT molecular complexity index is 1050. The molecular formula is C23H28N2O4S. The molecule has 2 aromatic carbocycles. The molecule has 1 saturated heterocycles. The minimum absolute atomic E-state index is 0.0900. The quantitative estimate of drug-likeness (QED) is 0.665. The summed E-state index contributed by atoms with van der Waals surface area (Å²) in [5, 5.41) is 0. The van der Waals surface area contributed by atoms with Crippen LogP contribution in [0.5, 0.6) is 5.75 Å². The van der Waals surface area contributed by atoms with Crippen LogP contribution in [0.15, 0.2) is 47.4 Å². The van der Waals surface area contributed by atoms with Gasteiger partial charge < -0.3 is 9.64 Å². The monoisotopic (exact) mass is 428 g/mol. The molecule has 30 heavy (non-hydrogen) atoms. The molecule has 6 nitrogen and oxygen atoms in total. The number of ether oxygens (including phenoxy) is 1. The highest BCUT2D eigenvalue weighted by atomic mass is 32.2. The molecule has 0 bridgehead atoms. The van der Waals surface area contributed by atoms with Gasteiger partial charge in [0.2, 0.25) is 5.91 Å². The normalized spacial score (nSPS) is 17.8. The maximum absolute atomic E-state index is 13.8. The van der Waals surface area contributed by atoms with Gasteiger partial charge in [0.05, 0.1) is 17.7 Å². The first-order valence-electron chi connectivity index (χ1n) is 10.4. The molecule has 1 aliphatic carbocycles. The number of methoxy groups -OCH3 is 1. The fraction of sp³-hybridized carbons (Fsp3) is 0.435. The predicted molar refractivity (Wildman–Crippen MR) is 118 cm³/mol. The van der Waals surface area contributed by atoms with E-state index in [2.05, 4.69) is 0 Å². The van der Waals surface area contributed by atoms with Gasteiger partial charge in [-0.05, 0) is 87.1 Å². The third-order valence-corrected chi connectivity index (χ3v) is 8.16. The molecule has 0 N–H and O–H groups in total.